The SMILES string of the molecule is N#Cc1noc(-c2ccncc2)c1Br. The van der Waals surface area contributed by atoms with E-state index in [4.69, 9.17) is 9.78 Å². The highest BCUT2D eigenvalue weighted by molar-refractivity contribution is 9.10. The minimum Gasteiger partial charge on any atom is -0.354 e. The number of nitrogens with zero attached hydrogens (tertiary/aromatic N) is 3. The van der Waals surface area contributed by atoms with Crippen molar-refractivity contribution in [1.82, 2.24) is 10.1 Å². The van der Waals surface area contributed by atoms with Gasteiger partial charge in [0.15, 0.2) is 11.5 Å². The normalized spacial score (nSPS) is 9.71. The van der Waals surface area contributed by atoms with E-state index in [0.29, 0.717) is 10.2 Å². The number of hydrogen-bond donors (Lipinski definition) is 0. The summed E-state index contributed by atoms with van der Waals surface area (Å²) in [5.74, 6) is 0.545. The number of rotatable bonds is 1. The summed E-state index contributed by atoms with van der Waals surface area (Å²) in [6.45, 7) is 0. The first-order valence-corrected chi connectivity index (χ1v) is 4.58. The lowest BCUT2D eigenvalue weighted by molar-refractivity contribution is 0.430. The van der Waals surface area contributed by atoms with E-state index in [2.05, 4.69) is 26.1 Å². The first-order valence-electron chi connectivity index (χ1n) is 3.78. The minimum atomic E-state index is 0.247. The Morgan fingerprint density at radius 3 is 2.64 bits per heavy atom. The first-order chi connectivity index (χ1) is 6.83. The Bertz CT molecular complexity index is 487. The van der Waals surface area contributed by atoms with Crippen molar-refractivity contribution in [2.24, 2.45) is 0 Å². The van der Waals surface area contributed by atoms with E-state index in [9.17, 15) is 0 Å². The van der Waals surface area contributed by atoms with Gasteiger partial charge in [-0.05, 0) is 28.1 Å². The van der Waals surface area contributed by atoms with Crippen LogP contribution >= 0.6 is 15.9 Å². The highest BCUT2D eigenvalue weighted by Crippen LogP contribution is 2.29. The zero-order chi connectivity index (χ0) is 9.97. The maximum Gasteiger partial charge on any atom is 0.198 e. The van der Waals surface area contributed by atoms with Crippen LogP contribution in [0.4, 0.5) is 0 Å². The van der Waals surface area contributed by atoms with Gasteiger partial charge >= 0.3 is 0 Å². The van der Waals surface area contributed by atoms with Gasteiger partial charge in [-0.1, -0.05) is 5.16 Å². The fraction of sp³-hybridized carbons (Fsp3) is 0. The third-order valence-corrected chi connectivity index (χ3v) is 2.42. The van der Waals surface area contributed by atoms with Crippen LogP contribution in [0, 0.1) is 11.3 Å². The van der Waals surface area contributed by atoms with E-state index in [0.717, 1.165) is 5.56 Å². The molecule has 0 aliphatic carbocycles. The van der Waals surface area contributed by atoms with E-state index in [1.54, 1.807) is 24.5 Å². The molecule has 0 bridgehead atoms. The van der Waals surface area contributed by atoms with Crippen molar-refractivity contribution in [3.8, 4) is 17.4 Å². The van der Waals surface area contributed by atoms with Crippen LogP contribution in [0.1, 0.15) is 5.69 Å². The molecule has 0 aliphatic heterocycles. The van der Waals surface area contributed by atoms with Crippen molar-refractivity contribution >= 4 is 15.9 Å². The largest absolute Gasteiger partial charge is 0.354 e. The molecule has 0 unspecified atom stereocenters. The number of hydrogen-bond acceptors (Lipinski definition) is 4. The maximum atomic E-state index is 8.66. The Hall–Kier alpha value is -1.67. The summed E-state index contributed by atoms with van der Waals surface area (Å²) in [5, 5.41) is 12.3. The third-order valence-electron chi connectivity index (χ3n) is 1.68. The fourth-order valence-corrected chi connectivity index (χ4v) is 1.49. The zero-order valence-electron chi connectivity index (χ0n) is 6.94. The van der Waals surface area contributed by atoms with Crippen LogP contribution in [0.5, 0.6) is 0 Å². The fourth-order valence-electron chi connectivity index (χ4n) is 1.03. The predicted molar refractivity (Wildman–Crippen MR) is 52.1 cm³/mol. The topological polar surface area (TPSA) is 62.7 Å². The summed E-state index contributed by atoms with van der Waals surface area (Å²) < 4.78 is 5.60. The molecule has 0 N–H and O–H groups in total. The highest BCUT2D eigenvalue weighted by atomic mass is 79.9. The van der Waals surface area contributed by atoms with Crippen molar-refractivity contribution in [2.75, 3.05) is 0 Å². The number of halogens is 1. The van der Waals surface area contributed by atoms with Crippen LogP contribution in [0.25, 0.3) is 11.3 Å². The standard InChI is InChI=1S/C9H4BrN3O/c10-8-7(5-11)13-14-9(8)6-1-3-12-4-2-6/h1-4H. The summed E-state index contributed by atoms with van der Waals surface area (Å²) in [5.41, 5.74) is 1.08. The van der Waals surface area contributed by atoms with Crippen LogP contribution in [0.15, 0.2) is 33.5 Å². The Labute approximate surface area is 88.3 Å². The van der Waals surface area contributed by atoms with Crippen LogP contribution in [-0.4, -0.2) is 10.1 Å². The quantitative estimate of drug-likeness (QED) is 0.779. The molecule has 0 saturated heterocycles. The molecule has 0 spiro atoms. The van der Waals surface area contributed by atoms with Crippen LogP contribution < -0.4 is 0 Å². The molecule has 0 atom stereocenters. The summed E-state index contributed by atoms with van der Waals surface area (Å²) >= 11 is 3.25. The number of aromatic nitrogens is 2. The lowest BCUT2D eigenvalue weighted by Gasteiger charge is -1.93. The molecule has 2 heterocycles. The van der Waals surface area contributed by atoms with Crippen molar-refractivity contribution in [2.45, 2.75) is 0 Å². The van der Waals surface area contributed by atoms with Gasteiger partial charge in [-0.15, -0.1) is 0 Å². The molecule has 14 heavy (non-hydrogen) atoms. The molecule has 4 nitrogen and oxygen atoms in total. The van der Waals surface area contributed by atoms with Crippen LogP contribution in [0.2, 0.25) is 0 Å². The van der Waals surface area contributed by atoms with Gasteiger partial charge < -0.3 is 4.52 Å². The average molecular weight is 250 g/mol. The Balaban J connectivity index is 2.54. The lowest BCUT2D eigenvalue weighted by atomic mass is 10.2. The van der Waals surface area contributed by atoms with Gasteiger partial charge in [-0.25, -0.2) is 0 Å². The van der Waals surface area contributed by atoms with E-state index in [1.807, 2.05) is 6.07 Å². The van der Waals surface area contributed by atoms with E-state index >= 15 is 0 Å². The van der Waals surface area contributed by atoms with Crippen molar-refractivity contribution in [3.05, 3.63) is 34.7 Å². The van der Waals surface area contributed by atoms with Crippen LogP contribution in [0.3, 0.4) is 0 Å². The molecule has 68 valence electrons. The summed E-state index contributed by atoms with van der Waals surface area (Å²) in [6, 6.07) is 5.49. The molecular weight excluding hydrogens is 246 g/mol. The van der Waals surface area contributed by atoms with Gasteiger partial charge in [0, 0.05) is 18.0 Å². The molecule has 0 aliphatic rings. The predicted octanol–water partition coefficient (Wildman–Crippen LogP) is 2.37. The van der Waals surface area contributed by atoms with Crippen molar-refractivity contribution in [1.29, 1.82) is 5.26 Å². The molecule has 5 heteroatoms. The zero-order valence-corrected chi connectivity index (χ0v) is 8.52. The second kappa shape index (κ2) is 3.60. The summed E-state index contributed by atoms with van der Waals surface area (Å²) in [6.07, 6.45) is 3.30. The molecule has 0 radical (unpaired) electrons. The summed E-state index contributed by atoms with van der Waals surface area (Å²) in [4.78, 5) is 3.89. The van der Waals surface area contributed by atoms with E-state index in [1.165, 1.54) is 0 Å². The average Bonchev–Trinajstić information content (AvgIpc) is 2.61. The minimum absolute atomic E-state index is 0.247. The Kier molecular flexibility index (Phi) is 2.29. The van der Waals surface area contributed by atoms with E-state index in [-0.39, 0.29) is 5.69 Å². The second-order valence-electron chi connectivity index (χ2n) is 2.52. The van der Waals surface area contributed by atoms with Gasteiger partial charge in [-0.3, -0.25) is 4.98 Å². The van der Waals surface area contributed by atoms with Gasteiger partial charge in [-0.2, -0.15) is 5.26 Å². The van der Waals surface area contributed by atoms with Gasteiger partial charge in [0.2, 0.25) is 0 Å². The highest BCUT2D eigenvalue weighted by Gasteiger charge is 2.14. The molecule has 2 rings (SSSR count). The third kappa shape index (κ3) is 1.40. The Morgan fingerprint density at radius 2 is 2.07 bits per heavy atom. The molecule has 0 aromatic carbocycles. The Morgan fingerprint density at radius 1 is 1.36 bits per heavy atom. The second-order valence-corrected chi connectivity index (χ2v) is 3.31. The van der Waals surface area contributed by atoms with Crippen LogP contribution in [-0.2, 0) is 0 Å². The molecule has 2 aromatic heterocycles. The first kappa shape index (κ1) is 8.91. The number of nitriles is 1. The number of pyridine rings is 1. The van der Waals surface area contributed by atoms with Gasteiger partial charge in [0.05, 0.1) is 0 Å². The maximum absolute atomic E-state index is 8.66. The van der Waals surface area contributed by atoms with Gasteiger partial charge in [0.1, 0.15) is 10.5 Å². The molecule has 0 saturated carbocycles. The monoisotopic (exact) mass is 249 g/mol. The van der Waals surface area contributed by atoms with E-state index < -0.39 is 0 Å². The summed E-state index contributed by atoms with van der Waals surface area (Å²) in [7, 11) is 0. The smallest absolute Gasteiger partial charge is 0.198 e. The lowest BCUT2D eigenvalue weighted by Crippen LogP contribution is -1.76. The molecule has 0 amide bonds. The van der Waals surface area contributed by atoms with Gasteiger partial charge in [0.25, 0.3) is 0 Å². The van der Waals surface area contributed by atoms with Crippen molar-refractivity contribution in [3.63, 3.8) is 0 Å². The molecule has 2 aromatic rings. The molecule has 0 fully saturated rings. The molecular formula is C9H4BrN3O. The van der Waals surface area contributed by atoms with Crippen molar-refractivity contribution < 1.29 is 4.52 Å².